The molecule has 2 aromatic heterocycles. The third-order valence-electron chi connectivity index (χ3n) is 5.34. The minimum Gasteiger partial charge on any atom is -0.504 e. The summed E-state index contributed by atoms with van der Waals surface area (Å²) < 4.78 is 13.0. The van der Waals surface area contributed by atoms with E-state index in [2.05, 4.69) is 20.8 Å². The van der Waals surface area contributed by atoms with Crippen molar-refractivity contribution in [1.82, 2.24) is 4.57 Å². The Morgan fingerprint density at radius 3 is 2.79 bits per heavy atom. The number of rotatable bonds is 2. The molecule has 0 bridgehead atoms. The van der Waals surface area contributed by atoms with Crippen LogP contribution in [0.5, 0.6) is 5.75 Å². The zero-order chi connectivity index (χ0) is 20.2. The lowest BCUT2D eigenvalue weighted by Crippen LogP contribution is -2.32. The van der Waals surface area contributed by atoms with Gasteiger partial charge in [-0.3, -0.25) is 4.79 Å². The summed E-state index contributed by atoms with van der Waals surface area (Å²) in [6.07, 6.45) is 2.25. The summed E-state index contributed by atoms with van der Waals surface area (Å²) in [5.41, 5.74) is 1.45. The topological polar surface area (TPSA) is 81.7 Å². The van der Waals surface area contributed by atoms with Crippen LogP contribution >= 0.6 is 0 Å². The first-order valence-corrected chi connectivity index (χ1v) is 9.39. The summed E-state index contributed by atoms with van der Waals surface area (Å²) in [5, 5.41) is 11.0. The van der Waals surface area contributed by atoms with Crippen LogP contribution in [-0.4, -0.2) is 22.2 Å². The SMILES string of the molecule is CCOC(=O)c1cn2c(cc1=O)-c1oc3c(O)cccc3c1C[C@H]2C(C)(C)C. The third kappa shape index (κ3) is 2.71. The van der Waals surface area contributed by atoms with E-state index in [0.29, 0.717) is 23.5 Å². The third-order valence-corrected chi connectivity index (χ3v) is 5.34. The molecule has 0 amide bonds. The second kappa shape index (κ2) is 6.26. The first kappa shape index (κ1) is 18.3. The Morgan fingerprint density at radius 1 is 1.36 bits per heavy atom. The first-order chi connectivity index (χ1) is 13.2. The van der Waals surface area contributed by atoms with E-state index in [0.717, 1.165) is 10.9 Å². The number of para-hydroxylation sites is 1. The van der Waals surface area contributed by atoms with Gasteiger partial charge in [0.2, 0.25) is 0 Å². The standard InChI is InChI=1S/C22H23NO5/c1-5-27-21(26)14-11-23-15(10-17(14)25)19-13(9-18(23)22(2,3)4)12-7-6-8-16(24)20(12)28-19/h6-8,10-11,18,24H,5,9H2,1-4H3/t18-/m0/s1. The Morgan fingerprint density at radius 2 is 2.11 bits per heavy atom. The number of hydrogen-bond donors (Lipinski definition) is 1. The van der Waals surface area contributed by atoms with Crippen LogP contribution in [-0.2, 0) is 11.2 Å². The fourth-order valence-electron chi connectivity index (χ4n) is 3.93. The zero-order valence-electron chi connectivity index (χ0n) is 16.4. The minimum absolute atomic E-state index is 0.00748. The highest BCUT2D eigenvalue weighted by atomic mass is 16.5. The number of carbonyl (C=O) groups excluding carboxylic acids is 1. The van der Waals surface area contributed by atoms with Gasteiger partial charge in [0.05, 0.1) is 12.3 Å². The number of hydrogen-bond acceptors (Lipinski definition) is 5. The molecule has 3 heterocycles. The number of aromatic hydroxyl groups is 1. The van der Waals surface area contributed by atoms with Gasteiger partial charge in [0.1, 0.15) is 5.56 Å². The van der Waals surface area contributed by atoms with Crippen LogP contribution in [0.25, 0.3) is 22.4 Å². The largest absolute Gasteiger partial charge is 0.504 e. The van der Waals surface area contributed by atoms with E-state index in [4.69, 9.17) is 9.15 Å². The van der Waals surface area contributed by atoms with E-state index in [1.807, 2.05) is 10.6 Å². The molecule has 1 atom stereocenters. The van der Waals surface area contributed by atoms with Crippen molar-refractivity contribution in [3.63, 3.8) is 0 Å². The van der Waals surface area contributed by atoms with Gasteiger partial charge in [0.15, 0.2) is 22.5 Å². The molecule has 1 aliphatic rings. The Labute approximate surface area is 162 Å². The van der Waals surface area contributed by atoms with Crippen LogP contribution < -0.4 is 5.43 Å². The van der Waals surface area contributed by atoms with Crippen LogP contribution in [0.4, 0.5) is 0 Å². The quantitative estimate of drug-likeness (QED) is 0.670. The number of ether oxygens (including phenoxy) is 1. The number of phenols is 1. The monoisotopic (exact) mass is 381 g/mol. The molecule has 0 fully saturated rings. The Bertz CT molecular complexity index is 1150. The maximum Gasteiger partial charge on any atom is 0.343 e. The zero-order valence-corrected chi connectivity index (χ0v) is 16.4. The van der Waals surface area contributed by atoms with Crippen molar-refractivity contribution in [3.8, 4) is 17.2 Å². The van der Waals surface area contributed by atoms with Gasteiger partial charge >= 0.3 is 5.97 Å². The van der Waals surface area contributed by atoms with Crippen molar-refractivity contribution in [3.05, 3.63) is 51.8 Å². The number of phenolic OH excluding ortho intramolecular Hbond substituents is 1. The highest BCUT2D eigenvalue weighted by Gasteiger charge is 2.36. The molecule has 28 heavy (non-hydrogen) atoms. The van der Waals surface area contributed by atoms with Crippen LogP contribution in [0.2, 0.25) is 0 Å². The Hall–Kier alpha value is -3.02. The molecular weight excluding hydrogens is 358 g/mol. The maximum absolute atomic E-state index is 12.7. The van der Waals surface area contributed by atoms with Gasteiger partial charge in [-0.25, -0.2) is 4.79 Å². The predicted octanol–water partition coefficient (Wildman–Crippen LogP) is 4.29. The van der Waals surface area contributed by atoms with Gasteiger partial charge < -0.3 is 18.8 Å². The van der Waals surface area contributed by atoms with Crippen molar-refractivity contribution in [2.24, 2.45) is 5.41 Å². The highest BCUT2D eigenvalue weighted by molar-refractivity contribution is 5.93. The molecular formula is C22H23NO5. The van der Waals surface area contributed by atoms with Gasteiger partial charge in [-0.2, -0.15) is 0 Å². The Balaban J connectivity index is 2.02. The van der Waals surface area contributed by atoms with Crippen molar-refractivity contribution in [1.29, 1.82) is 0 Å². The number of nitrogens with zero attached hydrogens (tertiary/aromatic N) is 1. The van der Waals surface area contributed by atoms with Gasteiger partial charge in [-0.1, -0.05) is 32.9 Å². The number of fused-ring (bicyclic) bond motifs is 5. The average molecular weight is 381 g/mol. The predicted molar refractivity (Wildman–Crippen MR) is 106 cm³/mol. The molecule has 0 radical (unpaired) electrons. The van der Waals surface area contributed by atoms with E-state index in [1.165, 1.54) is 6.07 Å². The lowest BCUT2D eigenvalue weighted by molar-refractivity contribution is 0.0523. The van der Waals surface area contributed by atoms with Crippen molar-refractivity contribution in [2.75, 3.05) is 6.61 Å². The first-order valence-electron chi connectivity index (χ1n) is 9.39. The van der Waals surface area contributed by atoms with Crippen LogP contribution in [0.3, 0.4) is 0 Å². The molecule has 0 saturated heterocycles. The normalized spacial score (nSPS) is 15.9. The van der Waals surface area contributed by atoms with Crippen molar-refractivity contribution in [2.45, 2.75) is 40.2 Å². The number of carbonyl (C=O) groups is 1. The molecule has 0 spiro atoms. The fraction of sp³-hybridized carbons (Fsp3) is 0.364. The van der Waals surface area contributed by atoms with E-state index in [1.54, 1.807) is 25.3 Å². The second-order valence-corrected chi connectivity index (χ2v) is 8.21. The summed E-state index contributed by atoms with van der Waals surface area (Å²) in [5.74, 6) is 0.00395. The molecule has 0 saturated carbocycles. The minimum atomic E-state index is -0.622. The van der Waals surface area contributed by atoms with Gasteiger partial charge in [0, 0.05) is 29.3 Å². The molecule has 1 N–H and O–H groups in total. The van der Waals surface area contributed by atoms with Crippen LogP contribution in [0.1, 0.15) is 49.7 Å². The lowest BCUT2D eigenvalue weighted by Gasteiger charge is -2.37. The van der Waals surface area contributed by atoms with E-state index >= 15 is 0 Å². The average Bonchev–Trinajstić information content (AvgIpc) is 3.00. The summed E-state index contributed by atoms with van der Waals surface area (Å²) in [6.45, 7) is 8.27. The van der Waals surface area contributed by atoms with Crippen molar-refractivity contribution >= 4 is 16.9 Å². The molecule has 4 rings (SSSR count). The van der Waals surface area contributed by atoms with Crippen LogP contribution in [0, 0.1) is 5.41 Å². The summed E-state index contributed by atoms with van der Waals surface area (Å²) in [6, 6.07) is 6.70. The van der Waals surface area contributed by atoms with E-state index in [-0.39, 0.29) is 29.4 Å². The molecule has 3 aromatic rings. The molecule has 6 nitrogen and oxygen atoms in total. The molecule has 0 unspecified atom stereocenters. The number of benzene rings is 1. The molecule has 6 heteroatoms. The number of esters is 1. The number of pyridine rings is 1. The van der Waals surface area contributed by atoms with Gasteiger partial charge in [-0.05, 0) is 24.8 Å². The summed E-state index contributed by atoms with van der Waals surface area (Å²) in [7, 11) is 0. The smallest absolute Gasteiger partial charge is 0.343 e. The van der Waals surface area contributed by atoms with Crippen LogP contribution in [0.15, 0.2) is 39.7 Å². The molecule has 1 aromatic carbocycles. The number of aromatic nitrogens is 1. The highest BCUT2D eigenvalue weighted by Crippen LogP contribution is 2.47. The fourth-order valence-corrected chi connectivity index (χ4v) is 3.93. The molecule has 0 aliphatic carbocycles. The van der Waals surface area contributed by atoms with E-state index in [9.17, 15) is 14.7 Å². The Kier molecular flexibility index (Phi) is 4.10. The van der Waals surface area contributed by atoms with Gasteiger partial charge in [-0.15, -0.1) is 0 Å². The summed E-state index contributed by atoms with van der Waals surface area (Å²) >= 11 is 0. The molecule has 146 valence electrons. The number of furan rings is 1. The maximum atomic E-state index is 12.7. The van der Waals surface area contributed by atoms with Gasteiger partial charge in [0.25, 0.3) is 0 Å². The summed E-state index contributed by atoms with van der Waals surface area (Å²) in [4.78, 5) is 24.9. The second-order valence-electron chi connectivity index (χ2n) is 8.21. The lowest BCUT2D eigenvalue weighted by atomic mass is 9.80. The van der Waals surface area contributed by atoms with E-state index < -0.39 is 11.4 Å². The molecule has 1 aliphatic heterocycles. The van der Waals surface area contributed by atoms with Crippen molar-refractivity contribution < 1.29 is 19.1 Å².